The highest BCUT2D eigenvalue weighted by atomic mass is 35.5. The number of aliphatic hydroxyl groups excluding tert-OH is 1. The van der Waals surface area contributed by atoms with Crippen molar-refractivity contribution >= 4 is 40.2 Å². The van der Waals surface area contributed by atoms with E-state index in [0.717, 1.165) is 48.4 Å². The quantitative estimate of drug-likeness (QED) is 0.700. The van der Waals surface area contributed by atoms with Gasteiger partial charge in [0.25, 0.3) is 0 Å². The van der Waals surface area contributed by atoms with Crippen LogP contribution in [0, 0.1) is 0 Å². The van der Waals surface area contributed by atoms with E-state index in [2.05, 4.69) is 15.5 Å². The summed E-state index contributed by atoms with van der Waals surface area (Å²) in [6.45, 7) is 1.63. The highest BCUT2D eigenvalue weighted by Crippen LogP contribution is 2.30. The van der Waals surface area contributed by atoms with Gasteiger partial charge in [-0.3, -0.25) is 0 Å². The van der Waals surface area contributed by atoms with Gasteiger partial charge in [-0.25, -0.2) is 4.98 Å². The summed E-state index contributed by atoms with van der Waals surface area (Å²) in [4.78, 5) is 7.12. The summed E-state index contributed by atoms with van der Waals surface area (Å²) in [6.07, 6.45) is 3.23. The fourth-order valence-corrected chi connectivity index (χ4v) is 4.10. The Morgan fingerprint density at radius 3 is 2.81 bits per heavy atom. The van der Waals surface area contributed by atoms with E-state index >= 15 is 0 Å². The fraction of sp³-hybridized carbons (Fsp3) is 0.350. The fourth-order valence-electron chi connectivity index (χ4n) is 3.73. The number of nitrogens with zero attached hydrogens (tertiary/aromatic N) is 3. The van der Waals surface area contributed by atoms with Gasteiger partial charge in [0.2, 0.25) is 5.95 Å². The van der Waals surface area contributed by atoms with Crippen LogP contribution in [0.25, 0.3) is 11.0 Å². The highest BCUT2D eigenvalue weighted by molar-refractivity contribution is 6.33. The van der Waals surface area contributed by atoms with Gasteiger partial charge < -0.3 is 14.6 Å². The minimum absolute atomic E-state index is 0.106. The molecule has 1 aliphatic heterocycles. The molecule has 0 aliphatic carbocycles. The molecule has 26 heavy (non-hydrogen) atoms. The summed E-state index contributed by atoms with van der Waals surface area (Å²) in [5.41, 5.74) is 2.96. The molecule has 1 fully saturated rings. The van der Waals surface area contributed by atoms with Crippen LogP contribution in [-0.2, 0) is 6.54 Å². The minimum Gasteiger partial charge on any atom is -0.394 e. The average molecular weight is 390 g/mol. The normalized spacial score (nSPS) is 17.8. The predicted octanol–water partition coefficient (Wildman–Crippen LogP) is 4.74. The number of aromatic nitrogens is 2. The van der Waals surface area contributed by atoms with Crippen LogP contribution in [0.4, 0.5) is 5.95 Å². The summed E-state index contributed by atoms with van der Waals surface area (Å²) in [7, 11) is 0. The van der Waals surface area contributed by atoms with E-state index in [-0.39, 0.29) is 12.6 Å². The molecule has 136 valence electrons. The molecule has 1 saturated heterocycles. The van der Waals surface area contributed by atoms with Crippen molar-refractivity contribution in [3.63, 3.8) is 0 Å². The van der Waals surface area contributed by atoms with Gasteiger partial charge in [-0.1, -0.05) is 35.3 Å². The molecular formula is C20H21Cl2N3O. The first-order valence-electron chi connectivity index (χ1n) is 8.94. The Hall–Kier alpha value is -1.75. The lowest BCUT2D eigenvalue weighted by molar-refractivity contribution is 0.238. The molecule has 1 atom stereocenters. The molecule has 6 heteroatoms. The summed E-state index contributed by atoms with van der Waals surface area (Å²) < 4.78 is 2.18. The van der Waals surface area contributed by atoms with Crippen molar-refractivity contribution < 1.29 is 5.11 Å². The topological polar surface area (TPSA) is 41.3 Å². The van der Waals surface area contributed by atoms with Crippen molar-refractivity contribution in [3.8, 4) is 0 Å². The van der Waals surface area contributed by atoms with E-state index in [0.29, 0.717) is 16.6 Å². The molecule has 1 aromatic heterocycles. The number of imidazole rings is 1. The lowest BCUT2D eigenvalue weighted by Crippen LogP contribution is -2.43. The zero-order valence-corrected chi connectivity index (χ0v) is 15.9. The second-order valence-corrected chi connectivity index (χ2v) is 7.59. The third-order valence-corrected chi connectivity index (χ3v) is 5.67. The monoisotopic (exact) mass is 389 g/mol. The molecule has 2 heterocycles. The number of anilines is 1. The SMILES string of the molecule is OC[C@@H]1CCCCN1c1nc2ccccc2n1Cc1cc(Cl)ccc1Cl. The third kappa shape index (κ3) is 3.29. The number of aliphatic hydroxyl groups is 1. The van der Waals surface area contributed by atoms with Gasteiger partial charge in [-0.15, -0.1) is 0 Å². The van der Waals surface area contributed by atoms with E-state index in [4.69, 9.17) is 28.2 Å². The molecule has 0 bridgehead atoms. The van der Waals surface area contributed by atoms with Crippen LogP contribution < -0.4 is 4.90 Å². The molecule has 0 spiro atoms. The molecule has 0 unspecified atom stereocenters. The molecule has 1 N–H and O–H groups in total. The molecule has 3 aromatic rings. The Balaban J connectivity index is 1.82. The maximum Gasteiger partial charge on any atom is 0.207 e. The molecule has 1 aliphatic rings. The average Bonchev–Trinajstić information content (AvgIpc) is 3.03. The zero-order chi connectivity index (χ0) is 18.1. The van der Waals surface area contributed by atoms with E-state index in [1.54, 1.807) is 6.07 Å². The van der Waals surface area contributed by atoms with Gasteiger partial charge in [-0.05, 0) is 55.2 Å². The third-order valence-electron chi connectivity index (χ3n) is 5.07. The van der Waals surface area contributed by atoms with Gasteiger partial charge in [-0.2, -0.15) is 0 Å². The van der Waals surface area contributed by atoms with Crippen molar-refractivity contribution in [2.75, 3.05) is 18.1 Å². The van der Waals surface area contributed by atoms with Crippen LogP contribution in [0.3, 0.4) is 0 Å². The van der Waals surface area contributed by atoms with Crippen LogP contribution in [0.5, 0.6) is 0 Å². The van der Waals surface area contributed by atoms with Crippen LogP contribution in [0.15, 0.2) is 42.5 Å². The standard InChI is InChI=1S/C20H21Cl2N3O/c21-15-8-9-17(22)14(11-15)12-25-19-7-2-1-6-18(19)23-20(25)24-10-4-3-5-16(24)13-26/h1-2,6-9,11,16,26H,3-5,10,12-13H2/t16-/m0/s1. The van der Waals surface area contributed by atoms with Gasteiger partial charge in [0.05, 0.1) is 30.2 Å². The van der Waals surface area contributed by atoms with E-state index in [9.17, 15) is 5.11 Å². The van der Waals surface area contributed by atoms with Crippen molar-refractivity contribution in [3.05, 3.63) is 58.1 Å². The Bertz CT molecular complexity index is 925. The number of hydrogen-bond donors (Lipinski definition) is 1. The molecule has 4 rings (SSSR count). The van der Waals surface area contributed by atoms with Crippen molar-refractivity contribution in [2.45, 2.75) is 31.8 Å². The second kappa shape index (κ2) is 7.47. The first-order chi connectivity index (χ1) is 12.7. The van der Waals surface area contributed by atoms with Crippen molar-refractivity contribution in [2.24, 2.45) is 0 Å². The van der Waals surface area contributed by atoms with Gasteiger partial charge in [0.1, 0.15) is 0 Å². The number of rotatable bonds is 4. The first-order valence-corrected chi connectivity index (χ1v) is 9.69. The van der Waals surface area contributed by atoms with Crippen molar-refractivity contribution in [1.82, 2.24) is 9.55 Å². The Labute approximate surface area is 163 Å². The molecular weight excluding hydrogens is 369 g/mol. The highest BCUT2D eigenvalue weighted by Gasteiger charge is 2.26. The van der Waals surface area contributed by atoms with Crippen LogP contribution >= 0.6 is 23.2 Å². The first kappa shape index (κ1) is 17.7. The second-order valence-electron chi connectivity index (χ2n) is 6.75. The Kier molecular flexibility index (Phi) is 5.07. The number of benzene rings is 2. The smallest absolute Gasteiger partial charge is 0.207 e. The predicted molar refractivity (Wildman–Crippen MR) is 107 cm³/mol. The summed E-state index contributed by atoms with van der Waals surface area (Å²) in [5.74, 6) is 0.890. The maximum atomic E-state index is 9.84. The summed E-state index contributed by atoms with van der Waals surface area (Å²) in [6, 6.07) is 13.7. The number of fused-ring (bicyclic) bond motifs is 1. The van der Waals surface area contributed by atoms with E-state index < -0.39 is 0 Å². The van der Waals surface area contributed by atoms with Crippen LogP contribution in [-0.4, -0.2) is 33.9 Å². The summed E-state index contributed by atoms with van der Waals surface area (Å²) in [5, 5.41) is 11.2. The molecule has 0 saturated carbocycles. The van der Waals surface area contributed by atoms with E-state index in [1.165, 1.54) is 0 Å². The van der Waals surface area contributed by atoms with Crippen LogP contribution in [0.1, 0.15) is 24.8 Å². The van der Waals surface area contributed by atoms with E-state index in [1.807, 2.05) is 30.3 Å². The minimum atomic E-state index is 0.106. The lowest BCUT2D eigenvalue weighted by Gasteiger charge is -2.35. The Morgan fingerprint density at radius 1 is 1.12 bits per heavy atom. The van der Waals surface area contributed by atoms with Crippen molar-refractivity contribution in [1.29, 1.82) is 0 Å². The number of halogens is 2. The number of para-hydroxylation sites is 2. The maximum absolute atomic E-state index is 9.84. The van der Waals surface area contributed by atoms with Crippen LogP contribution in [0.2, 0.25) is 10.0 Å². The lowest BCUT2D eigenvalue weighted by atomic mass is 10.0. The number of hydrogen-bond acceptors (Lipinski definition) is 3. The molecule has 0 amide bonds. The largest absolute Gasteiger partial charge is 0.394 e. The molecule has 4 nitrogen and oxygen atoms in total. The van der Waals surface area contributed by atoms with Gasteiger partial charge in [0, 0.05) is 16.6 Å². The Morgan fingerprint density at radius 2 is 1.96 bits per heavy atom. The number of piperidine rings is 1. The molecule has 0 radical (unpaired) electrons. The summed E-state index contributed by atoms with van der Waals surface area (Å²) >= 11 is 12.6. The molecule has 2 aromatic carbocycles. The zero-order valence-electron chi connectivity index (χ0n) is 14.4. The van der Waals surface area contributed by atoms with Gasteiger partial charge in [0.15, 0.2) is 0 Å². The van der Waals surface area contributed by atoms with Gasteiger partial charge >= 0.3 is 0 Å².